The summed E-state index contributed by atoms with van der Waals surface area (Å²) in [6.45, 7) is 0.423. The number of amides is 1. The molecule has 1 aromatic heterocycles. The van der Waals surface area contributed by atoms with Crippen molar-refractivity contribution in [3.8, 4) is 11.1 Å². The van der Waals surface area contributed by atoms with Gasteiger partial charge in [0.1, 0.15) is 11.4 Å². The number of hydrogen-bond donors (Lipinski definition) is 3. The van der Waals surface area contributed by atoms with Gasteiger partial charge in [-0.1, -0.05) is 24.3 Å². The number of carbonyl (C=O) groups is 1. The zero-order valence-electron chi connectivity index (χ0n) is 16.9. The van der Waals surface area contributed by atoms with Gasteiger partial charge in [0.2, 0.25) is 0 Å². The number of rotatable bonds is 3. The Morgan fingerprint density at radius 1 is 1.16 bits per heavy atom. The smallest absolute Gasteiger partial charge is 0.407 e. The molecular formula is C24H25FN2O4. The van der Waals surface area contributed by atoms with Gasteiger partial charge in [-0.3, -0.25) is 4.98 Å². The molecule has 31 heavy (non-hydrogen) atoms. The molecule has 2 heterocycles. The molecule has 3 fully saturated rings. The molecule has 1 unspecified atom stereocenters. The highest BCUT2D eigenvalue weighted by Gasteiger charge is 2.59. The van der Waals surface area contributed by atoms with Crippen molar-refractivity contribution in [2.45, 2.75) is 37.1 Å². The Kier molecular flexibility index (Phi) is 5.02. The lowest BCUT2D eigenvalue weighted by atomic mass is 9.74. The van der Waals surface area contributed by atoms with Crippen molar-refractivity contribution in [3.63, 3.8) is 0 Å². The molecule has 0 radical (unpaired) electrons. The van der Waals surface area contributed by atoms with Crippen LogP contribution in [0, 0.1) is 23.6 Å². The average Bonchev–Trinajstić information content (AvgIpc) is 3.26. The van der Waals surface area contributed by atoms with Gasteiger partial charge in [-0.2, -0.15) is 0 Å². The Labute approximate surface area is 179 Å². The highest BCUT2D eigenvalue weighted by Crippen LogP contribution is 2.54. The summed E-state index contributed by atoms with van der Waals surface area (Å²) in [5.74, 6) is -0.0664. The number of nitrogens with one attached hydrogen (secondary N) is 1. The summed E-state index contributed by atoms with van der Waals surface area (Å²) < 4.78 is 19.2. The van der Waals surface area contributed by atoms with E-state index in [-0.39, 0.29) is 23.6 Å². The van der Waals surface area contributed by atoms with Crippen molar-refractivity contribution in [3.05, 3.63) is 60.2 Å². The molecule has 2 aromatic rings. The highest BCUT2D eigenvalue weighted by molar-refractivity contribution is 5.70. The van der Waals surface area contributed by atoms with Gasteiger partial charge in [0.05, 0.1) is 24.4 Å². The summed E-state index contributed by atoms with van der Waals surface area (Å²) in [4.78, 5) is 16.3. The van der Waals surface area contributed by atoms with Gasteiger partial charge in [-0.25, -0.2) is 9.18 Å². The molecule has 1 aliphatic heterocycles. The number of aliphatic hydroxyl groups is 2. The molecule has 3 aliphatic rings. The summed E-state index contributed by atoms with van der Waals surface area (Å²) in [5, 5.41) is 23.1. The predicted molar refractivity (Wildman–Crippen MR) is 112 cm³/mol. The zero-order chi connectivity index (χ0) is 21.6. The molecule has 2 saturated carbocycles. The number of fused-ring (bicyclic) bond motifs is 1. The first-order chi connectivity index (χ1) is 14.9. The first kappa shape index (κ1) is 20.2. The third-order valence-corrected chi connectivity index (χ3v) is 7.03. The van der Waals surface area contributed by atoms with E-state index in [2.05, 4.69) is 10.3 Å². The van der Waals surface area contributed by atoms with Gasteiger partial charge in [-0.15, -0.1) is 0 Å². The number of pyridine rings is 1. The molecule has 6 nitrogen and oxygen atoms in total. The van der Waals surface area contributed by atoms with Crippen molar-refractivity contribution in [1.82, 2.24) is 10.3 Å². The van der Waals surface area contributed by atoms with Crippen LogP contribution >= 0.6 is 0 Å². The molecule has 1 amide bonds. The van der Waals surface area contributed by atoms with Crippen LogP contribution in [0.2, 0.25) is 0 Å². The molecule has 2 aliphatic carbocycles. The van der Waals surface area contributed by atoms with E-state index < -0.39 is 23.9 Å². The number of aliphatic hydroxyl groups excluding tert-OH is 2. The van der Waals surface area contributed by atoms with E-state index in [9.17, 15) is 19.4 Å². The van der Waals surface area contributed by atoms with E-state index in [1.807, 2.05) is 30.4 Å². The fraction of sp³-hybridized carbons (Fsp3) is 0.417. The molecule has 1 saturated heterocycles. The second kappa shape index (κ2) is 7.73. The number of carbonyl (C=O) groups excluding carboxylic acids is 1. The molecule has 5 rings (SSSR count). The molecule has 1 spiro atoms. The summed E-state index contributed by atoms with van der Waals surface area (Å²) in [5.41, 5.74) is 1.67. The topological polar surface area (TPSA) is 91.7 Å². The minimum atomic E-state index is -0.763. The monoisotopic (exact) mass is 424 g/mol. The zero-order valence-corrected chi connectivity index (χ0v) is 16.9. The number of benzene rings is 1. The van der Waals surface area contributed by atoms with Crippen LogP contribution in [0.25, 0.3) is 17.2 Å². The minimum absolute atomic E-state index is 0.0803. The molecule has 6 atom stereocenters. The molecule has 3 N–H and O–H groups in total. The van der Waals surface area contributed by atoms with Crippen LogP contribution in [0.5, 0.6) is 0 Å². The third-order valence-electron chi connectivity index (χ3n) is 7.03. The van der Waals surface area contributed by atoms with Crippen LogP contribution < -0.4 is 5.32 Å². The normalized spacial score (nSPS) is 34.7. The third kappa shape index (κ3) is 3.72. The van der Waals surface area contributed by atoms with E-state index in [1.165, 1.54) is 12.1 Å². The lowest BCUT2D eigenvalue weighted by Crippen LogP contribution is -2.40. The molecule has 162 valence electrons. The maximum atomic E-state index is 13.5. The van der Waals surface area contributed by atoms with Gasteiger partial charge in [0, 0.05) is 17.7 Å². The first-order valence-corrected chi connectivity index (χ1v) is 10.7. The van der Waals surface area contributed by atoms with Crippen LogP contribution in [-0.4, -0.2) is 45.6 Å². The number of hydrogen-bond acceptors (Lipinski definition) is 5. The van der Waals surface area contributed by atoms with Crippen molar-refractivity contribution in [1.29, 1.82) is 0 Å². The Balaban J connectivity index is 1.39. The predicted octanol–water partition coefficient (Wildman–Crippen LogP) is 3.15. The Bertz CT molecular complexity index is 1010. The number of nitrogens with zero attached hydrogens (tertiary/aromatic N) is 1. The second-order valence-electron chi connectivity index (χ2n) is 8.91. The highest BCUT2D eigenvalue weighted by atomic mass is 19.1. The molecule has 0 bridgehead atoms. The van der Waals surface area contributed by atoms with Crippen LogP contribution in [-0.2, 0) is 4.74 Å². The maximum absolute atomic E-state index is 13.5. The first-order valence-electron chi connectivity index (χ1n) is 10.7. The Morgan fingerprint density at radius 3 is 2.71 bits per heavy atom. The lowest BCUT2D eigenvalue weighted by molar-refractivity contribution is -0.0455. The largest absolute Gasteiger partial charge is 0.440 e. The summed E-state index contributed by atoms with van der Waals surface area (Å²) >= 11 is 0. The van der Waals surface area contributed by atoms with Gasteiger partial charge < -0.3 is 20.3 Å². The summed E-state index contributed by atoms with van der Waals surface area (Å²) in [6.07, 6.45) is 5.38. The van der Waals surface area contributed by atoms with Gasteiger partial charge >= 0.3 is 6.09 Å². The maximum Gasteiger partial charge on any atom is 0.407 e. The van der Waals surface area contributed by atoms with Crippen molar-refractivity contribution >= 4 is 12.2 Å². The van der Waals surface area contributed by atoms with Crippen molar-refractivity contribution in [2.24, 2.45) is 17.8 Å². The number of halogens is 1. The summed E-state index contributed by atoms with van der Waals surface area (Å²) in [7, 11) is 0. The van der Waals surface area contributed by atoms with Gasteiger partial charge in [-0.05, 0) is 60.9 Å². The van der Waals surface area contributed by atoms with E-state index in [0.29, 0.717) is 25.8 Å². The lowest BCUT2D eigenvalue weighted by Gasteiger charge is -2.35. The minimum Gasteiger partial charge on any atom is -0.440 e. The van der Waals surface area contributed by atoms with E-state index in [1.54, 1.807) is 12.3 Å². The van der Waals surface area contributed by atoms with Crippen LogP contribution in [0.4, 0.5) is 9.18 Å². The SMILES string of the molecule is O=C1NCC2(C[C@@H]3C[C@H](O)[C@@H](O)C[C@H]3[C@@H]2C=Cc2ccc(-c3cccc(F)c3)cn2)O1. The van der Waals surface area contributed by atoms with Crippen LogP contribution in [0.15, 0.2) is 48.7 Å². The average molecular weight is 424 g/mol. The molecule has 1 aromatic carbocycles. The van der Waals surface area contributed by atoms with Crippen LogP contribution in [0.1, 0.15) is 25.0 Å². The van der Waals surface area contributed by atoms with Gasteiger partial charge in [0.15, 0.2) is 0 Å². The Morgan fingerprint density at radius 2 is 2.00 bits per heavy atom. The fourth-order valence-electron chi connectivity index (χ4n) is 5.56. The second-order valence-corrected chi connectivity index (χ2v) is 8.91. The van der Waals surface area contributed by atoms with E-state index >= 15 is 0 Å². The summed E-state index contributed by atoms with van der Waals surface area (Å²) in [6, 6.07) is 10.1. The molecular weight excluding hydrogens is 399 g/mol. The standard InChI is InChI=1S/C24H25FN2O4/c25-17-3-1-2-14(8-17)15-4-5-18(26-12-15)6-7-20-19-10-22(29)21(28)9-16(19)11-24(20)13-27-23(30)31-24/h1-8,12,16,19-22,28-29H,9-11,13H2,(H,27,30)/t16-,19+,20-,21-,22-,24?/m0/s1. The van der Waals surface area contributed by atoms with Crippen molar-refractivity contribution < 1.29 is 24.1 Å². The van der Waals surface area contributed by atoms with Crippen molar-refractivity contribution in [2.75, 3.05) is 6.54 Å². The van der Waals surface area contributed by atoms with E-state index in [4.69, 9.17) is 4.74 Å². The number of alkyl carbamates (subject to hydrolysis) is 1. The number of ether oxygens (including phenoxy) is 1. The number of aromatic nitrogens is 1. The molecule has 7 heteroatoms. The van der Waals surface area contributed by atoms with Crippen LogP contribution in [0.3, 0.4) is 0 Å². The quantitative estimate of drug-likeness (QED) is 0.704. The van der Waals surface area contributed by atoms with E-state index in [0.717, 1.165) is 16.8 Å². The Hall–Kier alpha value is -2.77. The fourth-order valence-corrected chi connectivity index (χ4v) is 5.56. The van der Waals surface area contributed by atoms with Gasteiger partial charge in [0.25, 0.3) is 0 Å².